The number of rotatable bonds is 7. The molecule has 4 rings (SSSR count). The van der Waals surface area contributed by atoms with Crippen LogP contribution in [0.2, 0.25) is 0 Å². The Bertz CT molecular complexity index is 1060. The number of imidazole rings is 1. The molecule has 1 fully saturated rings. The fraction of sp³-hybridized carbons (Fsp3) is 0.385. The molecule has 1 aliphatic rings. The maximum atomic E-state index is 12.6. The first kappa shape index (κ1) is 21.9. The Balaban J connectivity index is 1.38. The zero-order chi connectivity index (χ0) is 22.3. The SMILES string of the molecule is Cc1ccccc1-c1ncn(CCCOc2ccccc2N2CCCCCNC2=O)c1C. The average molecular weight is 433 g/mol. The van der Waals surface area contributed by atoms with Crippen LogP contribution in [0.25, 0.3) is 11.3 Å². The molecule has 168 valence electrons. The maximum absolute atomic E-state index is 12.6. The Morgan fingerprint density at radius 2 is 1.84 bits per heavy atom. The topological polar surface area (TPSA) is 59.4 Å². The minimum atomic E-state index is -0.0430. The number of aromatic nitrogens is 2. The molecule has 2 aromatic carbocycles. The van der Waals surface area contributed by atoms with Gasteiger partial charge in [-0.1, -0.05) is 36.4 Å². The number of carbonyl (C=O) groups excluding carboxylic acids is 1. The van der Waals surface area contributed by atoms with Crippen molar-refractivity contribution in [2.75, 3.05) is 24.6 Å². The quantitative estimate of drug-likeness (QED) is 0.513. The Morgan fingerprint density at radius 1 is 1.03 bits per heavy atom. The van der Waals surface area contributed by atoms with Gasteiger partial charge in [0.2, 0.25) is 0 Å². The van der Waals surface area contributed by atoms with Crippen LogP contribution in [-0.2, 0) is 6.54 Å². The number of nitrogens with zero attached hydrogens (tertiary/aromatic N) is 3. The molecule has 1 saturated heterocycles. The van der Waals surface area contributed by atoms with E-state index < -0.39 is 0 Å². The number of hydrogen-bond acceptors (Lipinski definition) is 3. The highest BCUT2D eigenvalue weighted by atomic mass is 16.5. The zero-order valence-corrected chi connectivity index (χ0v) is 19.0. The molecular weight excluding hydrogens is 400 g/mol. The number of ether oxygens (including phenoxy) is 1. The van der Waals surface area contributed by atoms with Crippen LogP contribution in [0, 0.1) is 13.8 Å². The molecule has 0 radical (unpaired) electrons. The summed E-state index contributed by atoms with van der Waals surface area (Å²) in [5.74, 6) is 0.756. The lowest BCUT2D eigenvalue weighted by molar-refractivity contribution is 0.244. The Labute approximate surface area is 190 Å². The largest absolute Gasteiger partial charge is 0.491 e. The van der Waals surface area contributed by atoms with Gasteiger partial charge in [0.05, 0.1) is 24.3 Å². The van der Waals surface area contributed by atoms with Crippen LogP contribution in [0.15, 0.2) is 54.9 Å². The lowest BCUT2D eigenvalue weighted by Gasteiger charge is -2.27. The van der Waals surface area contributed by atoms with Gasteiger partial charge in [-0.2, -0.15) is 0 Å². The Morgan fingerprint density at radius 3 is 2.72 bits per heavy atom. The normalized spacial score (nSPS) is 14.6. The molecule has 0 aliphatic carbocycles. The molecule has 0 saturated carbocycles. The number of anilines is 1. The van der Waals surface area contributed by atoms with Gasteiger partial charge in [0.15, 0.2) is 0 Å². The number of nitrogens with one attached hydrogen (secondary N) is 1. The highest BCUT2D eigenvalue weighted by molar-refractivity contribution is 5.93. The molecule has 0 bridgehead atoms. The molecule has 3 aromatic rings. The number of benzene rings is 2. The van der Waals surface area contributed by atoms with E-state index in [1.807, 2.05) is 35.5 Å². The van der Waals surface area contributed by atoms with Crippen LogP contribution in [-0.4, -0.2) is 35.3 Å². The number of urea groups is 1. The van der Waals surface area contributed by atoms with Crippen LogP contribution in [0.4, 0.5) is 10.5 Å². The number of para-hydroxylation sites is 2. The first-order chi connectivity index (χ1) is 15.6. The van der Waals surface area contributed by atoms with Gasteiger partial charge in [0.25, 0.3) is 0 Å². The number of aryl methyl sites for hydroxylation is 2. The molecule has 2 amide bonds. The summed E-state index contributed by atoms with van der Waals surface area (Å²) in [4.78, 5) is 19.0. The lowest BCUT2D eigenvalue weighted by Crippen LogP contribution is -2.42. The molecule has 6 heteroatoms. The molecule has 32 heavy (non-hydrogen) atoms. The summed E-state index contributed by atoms with van der Waals surface area (Å²) in [5.41, 5.74) is 5.46. The van der Waals surface area contributed by atoms with E-state index in [2.05, 4.69) is 53.0 Å². The van der Waals surface area contributed by atoms with Crippen LogP contribution in [0.5, 0.6) is 5.75 Å². The van der Waals surface area contributed by atoms with Crippen molar-refractivity contribution < 1.29 is 9.53 Å². The summed E-state index contributed by atoms with van der Waals surface area (Å²) in [5, 5.41) is 3.00. The molecule has 2 heterocycles. The second-order valence-corrected chi connectivity index (χ2v) is 8.30. The van der Waals surface area contributed by atoms with Gasteiger partial charge < -0.3 is 14.6 Å². The third-order valence-corrected chi connectivity index (χ3v) is 6.04. The van der Waals surface area contributed by atoms with E-state index in [1.165, 1.54) is 11.1 Å². The summed E-state index contributed by atoms with van der Waals surface area (Å²) in [7, 11) is 0. The Hall–Kier alpha value is -3.28. The molecule has 0 atom stereocenters. The Kier molecular flexibility index (Phi) is 7.10. The van der Waals surface area contributed by atoms with Crippen LogP contribution in [0.3, 0.4) is 0 Å². The van der Waals surface area contributed by atoms with Crippen molar-refractivity contribution in [3.8, 4) is 17.0 Å². The van der Waals surface area contributed by atoms with Gasteiger partial charge in [-0.3, -0.25) is 4.90 Å². The lowest BCUT2D eigenvalue weighted by atomic mass is 10.0. The highest BCUT2D eigenvalue weighted by Gasteiger charge is 2.20. The summed E-state index contributed by atoms with van der Waals surface area (Å²) >= 11 is 0. The summed E-state index contributed by atoms with van der Waals surface area (Å²) in [6.45, 7) is 7.08. The van der Waals surface area contributed by atoms with E-state index in [4.69, 9.17) is 4.74 Å². The van der Waals surface area contributed by atoms with Gasteiger partial charge in [0, 0.05) is 30.9 Å². The fourth-order valence-corrected chi connectivity index (χ4v) is 4.19. The van der Waals surface area contributed by atoms with Crippen molar-refractivity contribution in [1.82, 2.24) is 14.9 Å². The predicted molar refractivity (Wildman–Crippen MR) is 128 cm³/mol. The molecule has 1 aromatic heterocycles. The van der Waals surface area contributed by atoms with E-state index >= 15 is 0 Å². The van der Waals surface area contributed by atoms with E-state index in [0.717, 1.165) is 61.6 Å². The van der Waals surface area contributed by atoms with Gasteiger partial charge in [-0.15, -0.1) is 0 Å². The summed E-state index contributed by atoms with van der Waals surface area (Å²) in [6.07, 6.45) is 5.93. The minimum absolute atomic E-state index is 0.0430. The van der Waals surface area contributed by atoms with Crippen molar-refractivity contribution >= 4 is 11.7 Å². The third kappa shape index (κ3) is 4.96. The number of carbonyl (C=O) groups is 1. The van der Waals surface area contributed by atoms with Crippen LogP contribution < -0.4 is 15.0 Å². The highest BCUT2D eigenvalue weighted by Crippen LogP contribution is 2.29. The molecular formula is C26H32N4O2. The monoisotopic (exact) mass is 432 g/mol. The van der Waals surface area contributed by atoms with Crippen molar-refractivity contribution in [3.05, 3.63) is 66.1 Å². The van der Waals surface area contributed by atoms with Crippen molar-refractivity contribution in [3.63, 3.8) is 0 Å². The molecule has 1 aliphatic heterocycles. The van der Waals surface area contributed by atoms with Gasteiger partial charge in [-0.05, 0) is 57.2 Å². The fourth-order valence-electron chi connectivity index (χ4n) is 4.19. The number of hydrogen-bond donors (Lipinski definition) is 1. The third-order valence-electron chi connectivity index (χ3n) is 6.04. The van der Waals surface area contributed by atoms with Gasteiger partial charge in [0.1, 0.15) is 5.75 Å². The van der Waals surface area contributed by atoms with Crippen molar-refractivity contribution in [2.45, 2.75) is 46.1 Å². The van der Waals surface area contributed by atoms with Crippen molar-refractivity contribution in [1.29, 1.82) is 0 Å². The van der Waals surface area contributed by atoms with E-state index in [-0.39, 0.29) is 6.03 Å². The van der Waals surface area contributed by atoms with Crippen LogP contribution >= 0.6 is 0 Å². The maximum Gasteiger partial charge on any atom is 0.321 e. The molecule has 0 spiro atoms. The smallest absolute Gasteiger partial charge is 0.321 e. The second kappa shape index (κ2) is 10.4. The standard InChI is InChI=1S/C26H32N4O2/c1-20-11-4-5-12-22(20)25-21(2)29(19-28-25)16-10-18-32-24-14-7-6-13-23(24)30-17-9-3-8-15-27-26(30)31/h4-7,11-14,19H,3,8-10,15-18H2,1-2H3,(H,27,31). The van der Waals surface area contributed by atoms with Gasteiger partial charge >= 0.3 is 6.03 Å². The zero-order valence-electron chi connectivity index (χ0n) is 19.0. The summed E-state index contributed by atoms with van der Waals surface area (Å²) in [6, 6.07) is 16.1. The first-order valence-corrected chi connectivity index (χ1v) is 11.5. The van der Waals surface area contributed by atoms with Crippen molar-refractivity contribution in [2.24, 2.45) is 0 Å². The summed E-state index contributed by atoms with van der Waals surface area (Å²) < 4.78 is 8.31. The minimum Gasteiger partial charge on any atom is -0.491 e. The first-order valence-electron chi connectivity index (χ1n) is 11.5. The second-order valence-electron chi connectivity index (χ2n) is 8.30. The molecule has 6 nitrogen and oxygen atoms in total. The number of amides is 2. The van der Waals surface area contributed by atoms with E-state index in [0.29, 0.717) is 13.2 Å². The van der Waals surface area contributed by atoms with Gasteiger partial charge in [-0.25, -0.2) is 9.78 Å². The molecule has 0 unspecified atom stereocenters. The van der Waals surface area contributed by atoms with Crippen LogP contribution in [0.1, 0.15) is 36.9 Å². The predicted octanol–water partition coefficient (Wildman–Crippen LogP) is 5.34. The van der Waals surface area contributed by atoms with E-state index in [9.17, 15) is 4.79 Å². The average Bonchev–Trinajstić information content (AvgIpc) is 3.15. The van der Waals surface area contributed by atoms with E-state index in [1.54, 1.807) is 0 Å². The molecule has 1 N–H and O–H groups in total.